The number of nitrogens with one attached hydrogen (secondary N) is 1. The summed E-state index contributed by atoms with van der Waals surface area (Å²) < 4.78 is 0. The molecule has 0 spiro atoms. The Morgan fingerprint density at radius 2 is 1.90 bits per heavy atom. The van der Waals surface area contributed by atoms with E-state index in [9.17, 15) is 0 Å². The van der Waals surface area contributed by atoms with Gasteiger partial charge in [-0.2, -0.15) is 0 Å². The van der Waals surface area contributed by atoms with Crippen LogP contribution in [0, 0.1) is 0 Å². The average molecular weight is 299 g/mol. The molecule has 3 rings (SSSR count). The SMILES string of the molecule is CC(C)(C)c1cnc2[nH]cc(Cc3ccccc3Cl)c2c1. The largest absolute Gasteiger partial charge is 0.346 e. The fraction of sp³-hybridized carbons (Fsp3) is 0.278. The number of aromatic nitrogens is 2. The predicted molar refractivity (Wildman–Crippen MR) is 89.1 cm³/mol. The molecule has 108 valence electrons. The Hall–Kier alpha value is -1.80. The van der Waals surface area contributed by atoms with E-state index in [1.54, 1.807) is 0 Å². The number of hydrogen-bond donors (Lipinski definition) is 1. The molecule has 1 N–H and O–H groups in total. The molecule has 0 saturated carbocycles. The summed E-state index contributed by atoms with van der Waals surface area (Å²) in [6, 6.07) is 10.2. The predicted octanol–water partition coefficient (Wildman–Crippen LogP) is 5.10. The van der Waals surface area contributed by atoms with Crippen molar-refractivity contribution in [2.45, 2.75) is 32.6 Å². The van der Waals surface area contributed by atoms with E-state index < -0.39 is 0 Å². The molecular formula is C18H19ClN2. The van der Waals surface area contributed by atoms with E-state index in [2.05, 4.69) is 42.9 Å². The first kappa shape index (κ1) is 14.2. The number of pyridine rings is 1. The maximum Gasteiger partial charge on any atom is 0.137 e. The Kier molecular flexibility index (Phi) is 3.50. The van der Waals surface area contributed by atoms with Crippen LogP contribution in [-0.4, -0.2) is 9.97 Å². The van der Waals surface area contributed by atoms with Gasteiger partial charge in [0, 0.05) is 29.2 Å². The van der Waals surface area contributed by atoms with E-state index in [0.29, 0.717) is 0 Å². The zero-order valence-corrected chi connectivity index (χ0v) is 13.3. The number of rotatable bonds is 2. The van der Waals surface area contributed by atoms with Gasteiger partial charge in [0.1, 0.15) is 5.65 Å². The minimum atomic E-state index is 0.0973. The average Bonchev–Trinajstić information content (AvgIpc) is 2.83. The van der Waals surface area contributed by atoms with Crippen molar-refractivity contribution in [2.24, 2.45) is 0 Å². The first-order chi connectivity index (χ1) is 9.95. The summed E-state index contributed by atoms with van der Waals surface area (Å²) in [6.45, 7) is 6.61. The van der Waals surface area contributed by atoms with Crippen LogP contribution in [0.25, 0.3) is 11.0 Å². The molecule has 1 aromatic carbocycles. The monoisotopic (exact) mass is 298 g/mol. The first-order valence-electron chi connectivity index (χ1n) is 7.15. The molecule has 0 aliphatic carbocycles. The second kappa shape index (κ2) is 5.19. The van der Waals surface area contributed by atoms with Gasteiger partial charge in [0.05, 0.1) is 0 Å². The fourth-order valence-corrected chi connectivity index (χ4v) is 2.66. The molecule has 3 aromatic rings. The molecule has 2 nitrogen and oxygen atoms in total. The van der Waals surface area contributed by atoms with Crippen LogP contribution in [0.3, 0.4) is 0 Å². The van der Waals surface area contributed by atoms with Crippen molar-refractivity contribution in [3.8, 4) is 0 Å². The van der Waals surface area contributed by atoms with E-state index in [4.69, 9.17) is 11.6 Å². The standard InChI is InChI=1S/C18H19ClN2/c1-18(2,3)14-9-15-13(10-20-17(15)21-11-14)8-12-6-4-5-7-16(12)19/h4-7,9-11H,8H2,1-3H3,(H,20,21). The van der Waals surface area contributed by atoms with Crippen molar-refractivity contribution in [1.29, 1.82) is 0 Å². The lowest BCUT2D eigenvalue weighted by Crippen LogP contribution is -2.11. The lowest BCUT2D eigenvalue weighted by Gasteiger charge is -2.18. The van der Waals surface area contributed by atoms with Crippen LogP contribution >= 0.6 is 11.6 Å². The van der Waals surface area contributed by atoms with E-state index >= 15 is 0 Å². The number of H-pyrrole nitrogens is 1. The van der Waals surface area contributed by atoms with Crippen LogP contribution in [0.15, 0.2) is 42.7 Å². The smallest absolute Gasteiger partial charge is 0.137 e. The van der Waals surface area contributed by atoms with Crippen molar-refractivity contribution in [2.75, 3.05) is 0 Å². The highest BCUT2D eigenvalue weighted by Crippen LogP contribution is 2.28. The van der Waals surface area contributed by atoms with Crippen LogP contribution < -0.4 is 0 Å². The lowest BCUT2D eigenvalue weighted by molar-refractivity contribution is 0.588. The molecule has 0 aliphatic heterocycles. The zero-order valence-electron chi connectivity index (χ0n) is 12.6. The molecule has 3 heteroatoms. The molecule has 0 radical (unpaired) electrons. The molecule has 0 aliphatic rings. The highest BCUT2D eigenvalue weighted by Gasteiger charge is 2.16. The third kappa shape index (κ3) is 2.81. The van der Waals surface area contributed by atoms with Crippen LogP contribution in [0.1, 0.15) is 37.5 Å². The van der Waals surface area contributed by atoms with Gasteiger partial charge in [0.15, 0.2) is 0 Å². The number of fused-ring (bicyclic) bond motifs is 1. The van der Waals surface area contributed by atoms with Crippen molar-refractivity contribution >= 4 is 22.6 Å². The maximum absolute atomic E-state index is 6.27. The minimum Gasteiger partial charge on any atom is -0.346 e. The first-order valence-corrected chi connectivity index (χ1v) is 7.53. The highest BCUT2D eigenvalue weighted by atomic mass is 35.5. The van der Waals surface area contributed by atoms with Gasteiger partial charge in [-0.3, -0.25) is 0 Å². The molecular weight excluding hydrogens is 280 g/mol. The third-order valence-corrected chi connectivity index (χ3v) is 4.19. The van der Waals surface area contributed by atoms with Crippen molar-refractivity contribution < 1.29 is 0 Å². The maximum atomic E-state index is 6.27. The van der Waals surface area contributed by atoms with E-state index in [-0.39, 0.29) is 5.41 Å². The molecule has 0 amide bonds. The Bertz CT molecular complexity index is 781. The highest BCUT2D eigenvalue weighted by molar-refractivity contribution is 6.31. The summed E-state index contributed by atoms with van der Waals surface area (Å²) in [6.07, 6.45) is 4.81. The van der Waals surface area contributed by atoms with Gasteiger partial charge in [0.2, 0.25) is 0 Å². The number of halogens is 1. The van der Waals surface area contributed by atoms with Gasteiger partial charge in [-0.05, 0) is 34.2 Å². The van der Waals surface area contributed by atoms with Crippen molar-refractivity contribution in [1.82, 2.24) is 9.97 Å². The van der Waals surface area contributed by atoms with Gasteiger partial charge in [-0.1, -0.05) is 50.6 Å². The normalized spacial score (nSPS) is 12.0. The number of benzene rings is 1. The Balaban J connectivity index is 2.05. The third-order valence-electron chi connectivity index (χ3n) is 3.82. The van der Waals surface area contributed by atoms with Gasteiger partial charge in [-0.25, -0.2) is 4.98 Å². The lowest BCUT2D eigenvalue weighted by atomic mass is 9.87. The van der Waals surface area contributed by atoms with Crippen LogP contribution in [0.5, 0.6) is 0 Å². The molecule has 0 atom stereocenters. The summed E-state index contributed by atoms with van der Waals surface area (Å²) in [5.41, 5.74) is 4.65. The fourth-order valence-electron chi connectivity index (χ4n) is 2.46. The Labute approximate surface area is 130 Å². The van der Waals surface area contributed by atoms with Crippen LogP contribution in [-0.2, 0) is 11.8 Å². The topological polar surface area (TPSA) is 28.7 Å². The van der Waals surface area contributed by atoms with E-state index in [1.807, 2.05) is 30.6 Å². The molecule has 0 fully saturated rings. The Morgan fingerprint density at radius 3 is 2.62 bits per heavy atom. The summed E-state index contributed by atoms with van der Waals surface area (Å²) >= 11 is 6.27. The zero-order chi connectivity index (χ0) is 15.0. The van der Waals surface area contributed by atoms with Gasteiger partial charge in [0.25, 0.3) is 0 Å². The van der Waals surface area contributed by atoms with Crippen LogP contribution in [0.4, 0.5) is 0 Å². The molecule has 2 aromatic heterocycles. The number of aromatic amines is 1. The number of nitrogens with zero attached hydrogens (tertiary/aromatic N) is 1. The minimum absolute atomic E-state index is 0.0973. The van der Waals surface area contributed by atoms with Gasteiger partial charge < -0.3 is 4.98 Å². The molecule has 21 heavy (non-hydrogen) atoms. The molecule has 0 unspecified atom stereocenters. The Morgan fingerprint density at radius 1 is 1.14 bits per heavy atom. The molecule has 2 heterocycles. The quantitative estimate of drug-likeness (QED) is 0.700. The van der Waals surface area contributed by atoms with E-state index in [1.165, 1.54) is 16.5 Å². The van der Waals surface area contributed by atoms with Crippen LogP contribution in [0.2, 0.25) is 5.02 Å². The second-order valence-electron chi connectivity index (χ2n) is 6.45. The summed E-state index contributed by atoms with van der Waals surface area (Å²) in [4.78, 5) is 7.80. The summed E-state index contributed by atoms with van der Waals surface area (Å²) in [5.74, 6) is 0. The number of hydrogen-bond acceptors (Lipinski definition) is 1. The van der Waals surface area contributed by atoms with E-state index in [0.717, 1.165) is 22.7 Å². The van der Waals surface area contributed by atoms with Crippen molar-refractivity contribution in [3.63, 3.8) is 0 Å². The molecule has 0 saturated heterocycles. The van der Waals surface area contributed by atoms with Gasteiger partial charge in [-0.15, -0.1) is 0 Å². The van der Waals surface area contributed by atoms with Crippen molar-refractivity contribution in [3.05, 3.63) is 64.4 Å². The van der Waals surface area contributed by atoms with Gasteiger partial charge >= 0.3 is 0 Å². The molecule has 0 bridgehead atoms. The summed E-state index contributed by atoms with van der Waals surface area (Å²) in [7, 11) is 0. The second-order valence-corrected chi connectivity index (χ2v) is 6.86. The summed E-state index contributed by atoms with van der Waals surface area (Å²) in [5, 5.41) is 1.99.